The van der Waals surface area contributed by atoms with Crippen LogP contribution in [0.4, 0.5) is 0 Å². The number of nitrogens with two attached hydrogens (primary N) is 1. The Labute approximate surface area is 319 Å². The summed E-state index contributed by atoms with van der Waals surface area (Å²) in [5.41, 5.74) is 5.52. The monoisotopic (exact) mass is 759 g/mol. The summed E-state index contributed by atoms with van der Waals surface area (Å²) in [5.74, 6) is -7.22. The first-order valence-corrected chi connectivity index (χ1v) is 18.7. The van der Waals surface area contributed by atoms with Crippen molar-refractivity contribution < 1.29 is 48.0 Å². The topological polar surface area (TPSA) is 219 Å². The third-order valence-electron chi connectivity index (χ3n) is 10.3. The summed E-state index contributed by atoms with van der Waals surface area (Å²) in [6.07, 6.45) is 1.61. The predicted octanol–water partition coefficient (Wildman–Crippen LogP) is 2.85. The van der Waals surface area contributed by atoms with Gasteiger partial charge in [0.15, 0.2) is 5.78 Å². The van der Waals surface area contributed by atoms with E-state index in [9.17, 15) is 43.2 Å². The molecule has 2 heterocycles. The van der Waals surface area contributed by atoms with Crippen LogP contribution in [0.3, 0.4) is 0 Å². The summed E-state index contributed by atoms with van der Waals surface area (Å²) in [4.78, 5) is 120. The van der Waals surface area contributed by atoms with Gasteiger partial charge < -0.3 is 21.2 Å². The Morgan fingerprint density at radius 2 is 1.42 bits per heavy atom. The van der Waals surface area contributed by atoms with Crippen molar-refractivity contribution in [2.45, 2.75) is 78.6 Å². The van der Waals surface area contributed by atoms with Crippen molar-refractivity contribution in [2.24, 2.45) is 28.9 Å². The average Bonchev–Trinajstić information content (AvgIpc) is 3.60. The number of hydrogen-bond acceptors (Lipinski definition) is 10. The Bertz CT molecular complexity index is 1780. The maximum atomic E-state index is 13.9. The lowest BCUT2D eigenvalue weighted by atomic mass is 9.66. The van der Waals surface area contributed by atoms with Gasteiger partial charge in [-0.15, -0.1) is 5.06 Å². The summed E-state index contributed by atoms with van der Waals surface area (Å²) in [6, 6.07) is 15.1. The molecule has 0 bridgehead atoms. The molecular weight excluding hydrogens is 710 g/mol. The molecule has 0 saturated carbocycles. The number of hydroxylamine groups is 2. The second-order valence-electron chi connectivity index (χ2n) is 14.2. The minimum Gasteiger partial charge on any atom is -0.369 e. The smallest absolute Gasteiger partial charge is 0.333 e. The number of primary amides is 1. The van der Waals surface area contributed by atoms with Crippen LogP contribution in [0.5, 0.6) is 0 Å². The number of likely N-dealkylation sites (tertiary alicyclic amines) is 1. The van der Waals surface area contributed by atoms with Crippen molar-refractivity contribution in [3.8, 4) is 0 Å². The molecule has 0 spiro atoms. The van der Waals surface area contributed by atoms with Crippen molar-refractivity contribution >= 4 is 53.1 Å². The maximum absolute atomic E-state index is 13.9. The van der Waals surface area contributed by atoms with Gasteiger partial charge in [-0.05, 0) is 51.2 Å². The van der Waals surface area contributed by atoms with Crippen LogP contribution in [0.25, 0.3) is 0 Å². The third-order valence-corrected chi connectivity index (χ3v) is 10.3. The van der Waals surface area contributed by atoms with Crippen molar-refractivity contribution in [3.63, 3.8) is 0 Å². The number of carbonyl (C=O) groups excluding carboxylic acids is 9. The number of carbonyl (C=O) groups is 9. The lowest BCUT2D eigenvalue weighted by molar-refractivity contribution is -0.197. The van der Waals surface area contributed by atoms with Crippen LogP contribution in [0.15, 0.2) is 54.6 Å². The van der Waals surface area contributed by atoms with E-state index in [1.54, 1.807) is 69.3 Å². The second kappa shape index (κ2) is 19.0. The molecule has 2 saturated heterocycles. The fourth-order valence-electron chi connectivity index (χ4n) is 7.09. The molecule has 7 amide bonds. The highest BCUT2D eigenvalue weighted by Gasteiger charge is 2.57. The first-order valence-electron chi connectivity index (χ1n) is 18.7. The van der Waals surface area contributed by atoms with Crippen LogP contribution in [0.1, 0.15) is 105 Å². The third kappa shape index (κ3) is 10.3. The van der Waals surface area contributed by atoms with Gasteiger partial charge >= 0.3 is 5.97 Å². The van der Waals surface area contributed by atoms with Crippen LogP contribution >= 0.6 is 0 Å². The van der Waals surface area contributed by atoms with Gasteiger partial charge in [0.25, 0.3) is 17.7 Å². The predicted molar refractivity (Wildman–Crippen MR) is 197 cm³/mol. The molecule has 2 aromatic carbocycles. The highest BCUT2D eigenvalue weighted by molar-refractivity contribution is 6.09. The number of rotatable bonds is 20. The van der Waals surface area contributed by atoms with Crippen molar-refractivity contribution in [1.82, 2.24) is 20.6 Å². The second-order valence-corrected chi connectivity index (χ2v) is 14.2. The molecule has 4 unspecified atom stereocenters. The highest BCUT2D eigenvalue weighted by Crippen LogP contribution is 2.45. The number of hydrogen-bond donors (Lipinski definition) is 3. The lowest BCUT2D eigenvalue weighted by Gasteiger charge is -2.36. The van der Waals surface area contributed by atoms with E-state index in [2.05, 4.69) is 10.6 Å². The number of ketones is 1. The number of nitrogens with one attached hydrogen (secondary N) is 2. The van der Waals surface area contributed by atoms with Crippen molar-refractivity contribution in [1.29, 1.82) is 0 Å². The van der Waals surface area contributed by atoms with Crippen LogP contribution < -0.4 is 16.4 Å². The van der Waals surface area contributed by atoms with Gasteiger partial charge in [0.2, 0.25) is 23.6 Å². The Hall–Kier alpha value is -5.73. The Morgan fingerprint density at radius 3 is 2.04 bits per heavy atom. The number of imide groups is 2. The zero-order chi connectivity index (χ0) is 40.3. The summed E-state index contributed by atoms with van der Waals surface area (Å²) >= 11 is 0. The fourth-order valence-corrected chi connectivity index (χ4v) is 7.09. The molecule has 55 heavy (non-hydrogen) atoms. The van der Waals surface area contributed by atoms with Crippen LogP contribution in [0.2, 0.25) is 0 Å². The number of benzene rings is 2. The maximum Gasteiger partial charge on any atom is 0.333 e. The fraction of sp³-hybridized carbons (Fsp3) is 0.475. The molecule has 15 heteroatoms. The van der Waals surface area contributed by atoms with Gasteiger partial charge in [-0.1, -0.05) is 62.7 Å². The molecule has 4 atom stereocenters. The van der Waals surface area contributed by atoms with Gasteiger partial charge in [-0.3, -0.25) is 43.3 Å². The van der Waals surface area contributed by atoms with Crippen molar-refractivity contribution in [2.75, 3.05) is 19.6 Å². The van der Waals surface area contributed by atoms with Crippen LogP contribution in [-0.2, 0) is 38.4 Å². The number of nitrogens with zero attached hydrogens (tertiary/aromatic N) is 2. The average molecular weight is 760 g/mol. The summed E-state index contributed by atoms with van der Waals surface area (Å²) in [7, 11) is 0. The van der Waals surface area contributed by atoms with Gasteiger partial charge in [-0.25, -0.2) is 4.79 Å². The minimum absolute atomic E-state index is 0.00992. The molecule has 0 aliphatic carbocycles. The molecule has 2 aromatic rings. The Morgan fingerprint density at radius 1 is 0.818 bits per heavy atom. The van der Waals surface area contributed by atoms with Gasteiger partial charge in [0, 0.05) is 67.4 Å². The van der Waals surface area contributed by atoms with E-state index in [1.165, 1.54) is 0 Å². The number of amides is 7. The molecule has 0 aromatic heterocycles. The summed E-state index contributed by atoms with van der Waals surface area (Å²) in [6.45, 7) is 5.28. The Balaban J connectivity index is 1.30. The summed E-state index contributed by atoms with van der Waals surface area (Å²) < 4.78 is 0. The molecule has 294 valence electrons. The molecule has 2 aliphatic rings. The first kappa shape index (κ1) is 42.0. The lowest BCUT2D eigenvalue weighted by Crippen LogP contribution is -2.50. The van der Waals surface area contributed by atoms with Gasteiger partial charge in [-0.2, -0.15) is 0 Å². The normalized spacial score (nSPS) is 18.5. The van der Waals surface area contributed by atoms with E-state index in [0.717, 1.165) is 4.90 Å². The number of unbranched alkanes of at least 4 members (excludes halogenated alkanes) is 2. The molecule has 2 fully saturated rings. The Kier molecular flexibility index (Phi) is 14.5. The first-order chi connectivity index (χ1) is 26.2. The van der Waals surface area contributed by atoms with E-state index in [-0.39, 0.29) is 57.0 Å². The molecule has 4 N–H and O–H groups in total. The van der Waals surface area contributed by atoms with E-state index < -0.39 is 64.6 Å². The largest absolute Gasteiger partial charge is 0.369 e. The van der Waals surface area contributed by atoms with E-state index >= 15 is 0 Å². The van der Waals surface area contributed by atoms with E-state index in [1.807, 2.05) is 6.07 Å². The standard InChI is InChI=1S/C40H49N5O10/c1-4-26(35(41)50)24-40(3,33-25(2)37(52)44(38(33)53)23-10-6-9-14-32(48)55-45-30(46)19-20-31(45)47)39(54)43-22-11-21-42-36(51)29-17-15-28(16-18-29)34(49)27-12-7-5-8-13-27/h5,7-8,12-13,15-18,25-26,33H,4,6,9-11,14,19-24H2,1-3H3,(H2,41,50)(H,42,51)(H,43,54). The molecular formula is C40H49N5O10. The molecule has 2 aliphatic heterocycles. The van der Waals surface area contributed by atoms with Gasteiger partial charge in [0.1, 0.15) is 0 Å². The highest BCUT2D eigenvalue weighted by atomic mass is 16.7. The zero-order valence-corrected chi connectivity index (χ0v) is 31.5. The molecule has 15 nitrogen and oxygen atoms in total. The SMILES string of the molecule is CCC(CC(C)(C(=O)NCCCNC(=O)c1ccc(C(=O)c2ccccc2)cc1)C1C(=O)N(CCCCCC(=O)ON2C(=O)CCC2=O)C(=O)C1C)C(N)=O. The molecule has 4 rings (SSSR count). The zero-order valence-electron chi connectivity index (χ0n) is 31.5. The van der Waals surface area contributed by atoms with Crippen LogP contribution in [0, 0.1) is 23.2 Å². The van der Waals surface area contributed by atoms with E-state index in [0.29, 0.717) is 53.9 Å². The quantitative estimate of drug-likeness (QED) is 0.102. The van der Waals surface area contributed by atoms with Crippen LogP contribution in [-0.4, -0.2) is 82.7 Å². The molecule has 0 radical (unpaired) electrons. The summed E-state index contributed by atoms with van der Waals surface area (Å²) in [5, 5.41) is 6.11. The van der Waals surface area contributed by atoms with Gasteiger partial charge in [0.05, 0.1) is 11.3 Å². The minimum atomic E-state index is -1.48. The van der Waals surface area contributed by atoms with E-state index in [4.69, 9.17) is 10.6 Å². The van der Waals surface area contributed by atoms with Crippen molar-refractivity contribution in [3.05, 3.63) is 71.3 Å².